The van der Waals surface area contributed by atoms with Gasteiger partial charge in [0.25, 0.3) is 0 Å². The van der Waals surface area contributed by atoms with Gasteiger partial charge in [-0.25, -0.2) is 10.2 Å². The van der Waals surface area contributed by atoms with Crippen LogP contribution in [0.25, 0.3) is 10.8 Å². The van der Waals surface area contributed by atoms with E-state index >= 15 is 28.8 Å². The summed E-state index contributed by atoms with van der Waals surface area (Å²) in [7, 11) is 0. The Balaban J connectivity index is 1.00. The molecule has 21 N–H and O–H groups in total. The average Bonchev–Trinajstić information content (AvgIpc) is 1.09. The van der Waals surface area contributed by atoms with Crippen molar-refractivity contribution in [1.29, 1.82) is 0 Å². The molecule has 11 amide bonds. The van der Waals surface area contributed by atoms with Crippen LogP contribution in [0.2, 0.25) is 5.02 Å². The summed E-state index contributed by atoms with van der Waals surface area (Å²) in [5.41, 5.74) is 20.6. The third kappa shape index (κ3) is 26.8. The molecule has 0 bridgehead atoms. The number of rotatable bonds is 42. The standard InChI is InChI=1S/C80H102ClN23O12/c1-44(2)35-59(68(108)91-58(16-9-10-33-86-45(3)4)76(116)104-34-12-17-66(104)75(115)87-46(5)67(82)107)92-70(110)62(38-49-21-28-56(29-22-49)89-79-98-77(83)100-102-79)94-72(112)63(39-50-23-30-57(31-24-50)90-80-99-78(84)101-103-80)96-74(114)65(43-105)97-73(113)64(41-52-13-11-32-85-42-52)95-71(111)61(37-48-19-26-55(81)27-20-48)93-69(109)60(88-47(6)106)40-51-18-25-53-14-7-8-15-54(53)36-51/h7-8,11,13-15,18-32,36,42,44-46,58-66,86,105H,9-10,12,16-17,33-35,37-41,43H2,1-6H3,(H2,82,107)(H,87,115)(H,88,106)(H,91,108)(H,92,110)(H,93,109)(H,94,112)(H,95,111)(H,96,114)(H,97,113)(H4,83,89,98,100,102)(H4,84,90,99,101,103)/t46-,58-,59-,60-,61-,62+,63-,64+,65-,66-/m0/s1. The molecule has 0 unspecified atom stereocenters. The molecule has 3 aromatic heterocycles. The van der Waals surface area contributed by atoms with Crippen molar-refractivity contribution in [2.24, 2.45) is 11.7 Å². The Labute approximate surface area is 675 Å². The number of hydrogen-bond acceptors (Lipinski definition) is 22. The summed E-state index contributed by atoms with van der Waals surface area (Å²) >= 11 is 6.28. The van der Waals surface area contributed by atoms with E-state index in [-0.39, 0.29) is 93.7 Å². The van der Waals surface area contributed by atoms with E-state index in [9.17, 15) is 29.1 Å². The number of likely N-dealkylation sites (tertiary alicyclic amines) is 1. The van der Waals surface area contributed by atoms with Gasteiger partial charge in [0, 0.05) is 80.4 Å². The highest BCUT2D eigenvalue weighted by Crippen LogP contribution is 2.24. The number of anilines is 6. The largest absolute Gasteiger partial charge is 0.394 e. The van der Waals surface area contributed by atoms with Gasteiger partial charge in [-0.15, -0.1) is 10.2 Å². The number of unbranched alkanes of at least 4 members (excludes halogenated alkanes) is 1. The molecule has 1 fully saturated rings. The van der Waals surface area contributed by atoms with Crippen LogP contribution in [0.15, 0.2) is 140 Å². The molecule has 36 heteroatoms. The fraction of sp³-hybridized carbons (Fsp3) is 0.400. The summed E-state index contributed by atoms with van der Waals surface area (Å²) in [6, 6.07) is 22.5. The molecular weight excluding hydrogens is 1510 g/mol. The molecule has 1 aliphatic heterocycles. The second-order valence-electron chi connectivity index (χ2n) is 29.3. The Morgan fingerprint density at radius 3 is 1.46 bits per heavy atom. The third-order valence-corrected chi connectivity index (χ3v) is 19.4. The van der Waals surface area contributed by atoms with Gasteiger partial charge < -0.3 is 91.0 Å². The number of carbonyl (C=O) groups excluding carboxylic acids is 11. The number of nitrogen functional groups attached to an aromatic ring is 2. The molecule has 116 heavy (non-hydrogen) atoms. The van der Waals surface area contributed by atoms with Gasteiger partial charge in [0.05, 0.1) is 6.61 Å². The normalized spacial score (nSPS) is 14.9. The van der Waals surface area contributed by atoms with E-state index in [1.54, 1.807) is 84.9 Å². The molecule has 35 nitrogen and oxygen atoms in total. The van der Waals surface area contributed by atoms with E-state index in [0.717, 1.165) is 10.8 Å². The number of nitrogens with two attached hydrogens (primary N) is 3. The van der Waals surface area contributed by atoms with Crippen molar-refractivity contribution in [3.63, 3.8) is 0 Å². The first kappa shape index (κ1) is 87.3. The zero-order valence-corrected chi connectivity index (χ0v) is 66.1. The minimum absolute atomic E-state index is 0.0156. The summed E-state index contributed by atoms with van der Waals surface area (Å²) in [5, 5.41) is 60.6. The van der Waals surface area contributed by atoms with E-state index in [0.29, 0.717) is 70.0 Å². The van der Waals surface area contributed by atoms with Crippen LogP contribution in [0, 0.1) is 5.92 Å². The summed E-state index contributed by atoms with van der Waals surface area (Å²) in [6.07, 6.45) is 3.96. The number of aromatic nitrogens is 7. The third-order valence-electron chi connectivity index (χ3n) is 19.2. The van der Waals surface area contributed by atoms with Crippen LogP contribution in [0.1, 0.15) is 108 Å². The van der Waals surface area contributed by atoms with Crippen molar-refractivity contribution >= 4 is 123 Å². The zero-order valence-electron chi connectivity index (χ0n) is 65.3. The Hall–Kier alpha value is -12.6. The average molecular weight is 1610 g/mol. The fourth-order valence-electron chi connectivity index (χ4n) is 13.2. The molecule has 0 radical (unpaired) electrons. The van der Waals surface area contributed by atoms with E-state index < -0.39 is 132 Å². The maximum atomic E-state index is 15.5. The van der Waals surface area contributed by atoms with Crippen LogP contribution < -0.4 is 81.0 Å². The smallest absolute Gasteiger partial charge is 0.245 e. The van der Waals surface area contributed by atoms with E-state index in [1.807, 2.05) is 70.2 Å². The summed E-state index contributed by atoms with van der Waals surface area (Å²) in [6.45, 7) is 10.0. The highest BCUT2D eigenvalue weighted by molar-refractivity contribution is 6.30. The fourth-order valence-corrected chi connectivity index (χ4v) is 13.3. The number of benzene rings is 5. The number of nitrogens with zero attached hydrogens (tertiary/aromatic N) is 6. The van der Waals surface area contributed by atoms with Crippen molar-refractivity contribution in [3.8, 4) is 0 Å². The maximum Gasteiger partial charge on any atom is 0.245 e. The lowest BCUT2D eigenvalue weighted by Gasteiger charge is -2.31. The number of pyridine rings is 1. The van der Waals surface area contributed by atoms with Crippen LogP contribution >= 0.6 is 11.6 Å². The topological polar surface area (TPSA) is 530 Å². The van der Waals surface area contributed by atoms with Crippen LogP contribution in [-0.2, 0) is 84.8 Å². The van der Waals surface area contributed by atoms with E-state index in [1.165, 1.54) is 31.1 Å². The predicted molar refractivity (Wildman–Crippen MR) is 435 cm³/mol. The number of primary amides is 1. The number of fused-ring (bicyclic) bond motifs is 1. The molecule has 8 aromatic rings. The number of nitrogens with one attached hydrogen (secondary N) is 14. The lowest BCUT2D eigenvalue weighted by atomic mass is 9.99. The molecular formula is C80H102ClN23O12. The van der Waals surface area contributed by atoms with E-state index in [2.05, 4.69) is 99.1 Å². The Morgan fingerprint density at radius 2 is 0.983 bits per heavy atom. The SMILES string of the molecule is CC(=O)N[C@@H](Cc1ccc2ccccc2c1)C(=O)N[C@@H](Cc1ccc(Cl)cc1)C(=O)N[C@H](Cc1cccnc1)C(=O)N[C@@H](CO)C(=O)N[C@@H](Cc1ccc(Nc2nc(N)n[nH]2)cc1)C(=O)N[C@H](Cc1ccc(Nc2nc(N)n[nH]2)cc1)C(=O)N[C@@H](CC(C)C)C(=O)N[C@@H](CCCCNC(C)C)C(=O)N1CCC[C@H]1C(=O)N[C@@H](C)C(N)=O. The van der Waals surface area contributed by atoms with Crippen molar-refractivity contribution in [2.75, 3.05) is 41.8 Å². The van der Waals surface area contributed by atoms with Crippen molar-refractivity contribution in [1.82, 2.24) is 93.4 Å². The number of aliphatic hydroxyl groups is 1. The monoisotopic (exact) mass is 1610 g/mol. The second-order valence-corrected chi connectivity index (χ2v) is 29.8. The highest BCUT2D eigenvalue weighted by atomic mass is 35.5. The Morgan fingerprint density at radius 1 is 0.526 bits per heavy atom. The second kappa shape index (κ2) is 42.5. The first-order chi connectivity index (χ1) is 55.5. The van der Waals surface area contributed by atoms with Crippen molar-refractivity contribution in [3.05, 3.63) is 173 Å². The number of amides is 11. The maximum absolute atomic E-state index is 15.5. The van der Waals surface area contributed by atoms with Gasteiger partial charge in [-0.1, -0.05) is 124 Å². The Bertz CT molecular complexity index is 4690. The quantitative estimate of drug-likeness (QED) is 0.0244. The number of carbonyl (C=O) groups is 11. The highest BCUT2D eigenvalue weighted by Gasteiger charge is 2.41. The predicted octanol–water partition coefficient (Wildman–Crippen LogP) is 2.38. The molecule has 1 aliphatic rings. The summed E-state index contributed by atoms with van der Waals surface area (Å²) < 4.78 is 0. The van der Waals surface area contributed by atoms with E-state index in [4.69, 9.17) is 28.8 Å². The van der Waals surface area contributed by atoms with Crippen LogP contribution in [-0.4, -0.2) is 196 Å². The number of hydrogen-bond donors (Lipinski definition) is 18. The Kier molecular flexibility index (Phi) is 32.0. The molecule has 4 heterocycles. The number of H-pyrrole nitrogens is 2. The van der Waals surface area contributed by atoms with Crippen LogP contribution in [0.3, 0.4) is 0 Å². The summed E-state index contributed by atoms with van der Waals surface area (Å²) in [4.78, 5) is 172. The number of aromatic amines is 2. The molecule has 10 atom stereocenters. The van der Waals surface area contributed by atoms with Crippen LogP contribution in [0.5, 0.6) is 0 Å². The van der Waals surface area contributed by atoms with Gasteiger partial charge in [-0.3, -0.25) is 57.7 Å². The van der Waals surface area contributed by atoms with Gasteiger partial charge in [0.1, 0.15) is 60.4 Å². The molecule has 0 aliphatic carbocycles. The molecule has 0 saturated carbocycles. The van der Waals surface area contributed by atoms with Gasteiger partial charge in [0.15, 0.2) is 0 Å². The molecule has 1 saturated heterocycles. The van der Waals surface area contributed by atoms with Gasteiger partial charge >= 0.3 is 0 Å². The number of aliphatic hydroxyl groups excluding tert-OH is 1. The van der Waals surface area contributed by atoms with Crippen molar-refractivity contribution < 1.29 is 57.8 Å². The summed E-state index contributed by atoms with van der Waals surface area (Å²) in [5.74, 6) is -8.61. The lowest BCUT2D eigenvalue weighted by Crippen LogP contribution is -2.62. The van der Waals surface area contributed by atoms with Gasteiger partial charge in [-0.05, 0) is 139 Å². The zero-order chi connectivity index (χ0) is 83.5. The van der Waals surface area contributed by atoms with Crippen molar-refractivity contribution in [2.45, 2.75) is 179 Å². The first-order valence-electron chi connectivity index (χ1n) is 38.4. The minimum Gasteiger partial charge on any atom is -0.394 e. The molecule has 9 rings (SSSR count). The van der Waals surface area contributed by atoms with Gasteiger partial charge in [0.2, 0.25) is 88.8 Å². The number of halogens is 1. The molecule has 5 aromatic carbocycles. The van der Waals surface area contributed by atoms with Gasteiger partial charge in [-0.2, -0.15) is 9.97 Å². The lowest BCUT2D eigenvalue weighted by molar-refractivity contribution is -0.142. The molecule has 0 spiro atoms. The van der Waals surface area contributed by atoms with Crippen LogP contribution in [0.4, 0.5) is 35.2 Å². The molecule has 616 valence electrons. The minimum atomic E-state index is -1.86. The first-order valence-corrected chi connectivity index (χ1v) is 38.7.